The molecule has 0 unspecified atom stereocenters. The molecular formula is C15H13N3O2S. The molecule has 0 saturated heterocycles. The van der Waals surface area contributed by atoms with Crippen LogP contribution in [-0.2, 0) is 6.54 Å². The number of hydrogen-bond donors (Lipinski definition) is 1. The lowest BCUT2D eigenvalue weighted by Crippen LogP contribution is -2.22. The molecule has 0 spiro atoms. The van der Waals surface area contributed by atoms with Crippen LogP contribution in [0, 0.1) is 6.92 Å². The van der Waals surface area contributed by atoms with Gasteiger partial charge in [0.2, 0.25) is 0 Å². The molecule has 0 radical (unpaired) electrons. The summed E-state index contributed by atoms with van der Waals surface area (Å²) in [6.45, 7) is 2.22. The molecule has 21 heavy (non-hydrogen) atoms. The molecular weight excluding hydrogens is 286 g/mol. The van der Waals surface area contributed by atoms with E-state index in [1.807, 2.05) is 31.2 Å². The maximum absolute atomic E-state index is 12.0. The summed E-state index contributed by atoms with van der Waals surface area (Å²) in [4.78, 5) is 20.4. The predicted octanol–water partition coefficient (Wildman–Crippen LogP) is 3.04. The number of carbonyl (C=O) groups excluding carboxylic acids is 1. The lowest BCUT2D eigenvalue weighted by atomic mass is 10.3. The van der Waals surface area contributed by atoms with Crippen molar-refractivity contribution in [1.82, 2.24) is 15.3 Å². The quantitative estimate of drug-likeness (QED) is 0.804. The first kappa shape index (κ1) is 13.5. The van der Waals surface area contributed by atoms with Crippen LogP contribution in [0.4, 0.5) is 0 Å². The fourth-order valence-corrected chi connectivity index (χ4v) is 2.65. The number of nitrogens with one attached hydrogen (secondary N) is 1. The summed E-state index contributed by atoms with van der Waals surface area (Å²) < 4.78 is 5.40. The summed E-state index contributed by atoms with van der Waals surface area (Å²) >= 11 is 1.43. The Morgan fingerprint density at radius 3 is 2.81 bits per heavy atom. The Morgan fingerprint density at radius 2 is 2.10 bits per heavy atom. The largest absolute Gasteiger partial charge is 0.465 e. The van der Waals surface area contributed by atoms with Gasteiger partial charge in [0.25, 0.3) is 5.91 Å². The average molecular weight is 299 g/mol. The van der Waals surface area contributed by atoms with Gasteiger partial charge >= 0.3 is 0 Å². The summed E-state index contributed by atoms with van der Waals surface area (Å²) in [6.07, 6.45) is 3.41. The third kappa shape index (κ3) is 3.17. The molecule has 0 saturated carbocycles. The van der Waals surface area contributed by atoms with Crippen LogP contribution in [0.1, 0.15) is 22.0 Å². The van der Waals surface area contributed by atoms with Gasteiger partial charge in [0.1, 0.15) is 22.2 Å². The number of nitrogens with zero attached hydrogens (tertiary/aromatic N) is 2. The first-order chi connectivity index (χ1) is 10.2. The van der Waals surface area contributed by atoms with Gasteiger partial charge in [-0.05, 0) is 31.2 Å². The second-order valence-corrected chi connectivity index (χ2v) is 5.33. The fourth-order valence-electron chi connectivity index (χ4n) is 1.84. The Kier molecular flexibility index (Phi) is 3.79. The minimum atomic E-state index is -0.208. The van der Waals surface area contributed by atoms with Crippen molar-refractivity contribution in [3.05, 3.63) is 59.3 Å². The molecule has 0 bridgehead atoms. The first-order valence-electron chi connectivity index (χ1n) is 6.42. The van der Waals surface area contributed by atoms with Crippen LogP contribution >= 0.6 is 11.3 Å². The number of aryl methyl sites for hydroxylation is 1. The number of carbonyl (C=O) groups is 1. The Morgan fingerprint density at radius 1 is 1.29 bits per heavy atom. The van der Waals surface area contributed by atoms with E-state index < -0.39 is 0 Å². The van der Waals surface area contributed by atoms with Crippen LogP contribution in [0.25, 0.3) is 10.6 Å². The molecule has 5 nitrogen and oxygen atoms in total. The molecule has 3 aromatic rings. The molecule has 0 aliphatic carbocycles. The van der Waals surface area contributed by atoms with Crippen molar-refractivity contribution in [1.29, 1.82) is 0 Å². The fraction of sp³-hybridized carbons (Fsp3) is 0.133. The van der Waals surface area contributed by atoms with Gasteiger partial charge in [-0.15, -0.1) is 11.3 Å². The van der Waals surface area contributed by atoms with E-state index >= 15 is 0 Å². The predicted molar refractivity (Wildman–Crippen MR) is 80.0 cm³/mol. The molecule has 0 fully saturated rings. The van der Waals surface area contributed by atoms with Gasteiger partial charge in [0, 0.05) is 23.3 Å². The van der Waals surface area contributed by atoms with Crippen LogP contribution in [0.2, 0.25) is 0 Å². The Labute approximate surface area is 125 Å². The van der Waals surface area contributed by atoms with E-state index in [1.54, 1.807) is 17.8 Å². The van der Waals surface area contributed by atoms with Crippen LogP contribution in [0.15, 0.2) is 46.5 Å². The van der Waals surface area contributed by atoms with Gasteiger partial charge in [0.15, 0.2) is 0 Å². The maximum atomic E-state index is 12.0. The van der Waals surface area contributed by atoms with Crippen molar-refractivity contribution in [2.24, 2.45) is 0 Å². The average Bonchev–Trinajstić information content (AvgIpc) is 3.15. The molecule has 3 rings (SSSR count). The van der Waals surface area contributed by atoms with Crippen LogP contribution < -0.4 is 5.32 Å². The summed E-state index contributed by atoms with van der Waals surface area (Å²) in [7, 11) is 0. The highest BCUT2D eigenvalue weighted by atomic mass is 32.1. The van der Waals surface area contributed by atoms with Crippen molar-refractivity contribution in [2.45, 2.75) is 13.5 Å². The number of hydrogen-bond acceptors (Lipinski definition) is 5. The number of amides is 1. The van der Waals surface area contributed by atoms with Gasteiger partial charge < -0.3 is 9.73 Å². The minimum absolute atomic E-state index is 0.208. The number of pyridine rings is 1. The summed E-state index contributed by atoms with van der Waals surface area (Å²) in [5.41, 5.74) is 1.37. The highest BCUT2D eigenvalue weighted by molar-refractivity contribution is 7.13. The highest BCUT2D eigenvalue weighted by Crippen LogP contribution is 2.22. The number of thiazole rings is 1. The van der Waals surface area contributed by atoms with Crippen molar-refractivity contribution in [3.63, 3.8) is 0 Å². The van der Waals surface area contributed by atoms with Gasteiger partial charge in [-0.2, -0.15) is 0 Å². The Hall–Kier alpha value is -2.47. The topological polar surface area (TPSA) is 68.0 Å². The number of furan rings is 1. The van der Waals surface area contributed by atoms with Crippen LogP contribution in [0.5, 0.6) is 0 Å². The van der Waals surface area contributed by atoms with E-state index in [-0.39, 0.29) is 5.91 Å². The molecule has 0 aliphatic heterocycles. The van der Waals surface area contributed by atoms with Gasteiger partial charge in [-0.3, -0.25) is 9.78 Å². The van der Waals surface area contributed by atoms with E-state index in [9.17, 15) is 4.79 Å². The summed E-state index contributed by atoms with van der Waals surface area (Å²) in [6, 6.07) is 7.45. The third-order valence-electron chi connectivity index (χ3n) is 2.88. The van der Waals surface area contributed by atoms with E-state index in [4.69, 9.17) is 4.42 Å². The molecule has 0 aromatic carbocycles. The molecule has 0 atom stereocenters. The molecule has 6 heteroatoms. The monoisotopic (exact) mass is 299 g/mol. The number of aromatic nitrogens is 2. The van der Waals surface area contributed by atoms with E-state index in [0.717, 1.165) is 22.1 Å². The van der Waals surface area contributed by atoms with Crippen molar-refractivity contribution in [3.8, 4) is 10.6 Å². The zero-order valence-electron chi connectivity index (χ0n) is 11.4. The first-order valence-corrected chi connectivity index (χ1v) is 7.30. The highest BCUT2D eigenvalue weighted by Gasteiger charge is 2.12. The zero-order valence-corrected chi connectivity index (χ0v) is 12.2. The number of rotatable bonds is 4. The maximum Gasteiger partial charge on any atom is 0.271 e. The van der Waals surface area contributed by atoms with E-state index in [0.29, 0.717) is 12.2 Å². The smallest absolute Gasteiger partial charge is 0.271 e. The van der Waals surface area contributed by atoms with Crippen molar-refractivity contribution < 1.29 is 9.21 Å². The third-order valence-corrected chi connectivity index (χ3v) is 3.77. The molecule has 1 N–H and O–H groups in total. The zero-order chi connectivity index (χ0) is 14.7. The van der Waals surface area contributed by atoms with E-state index in [2.05, 4.69) is 15.3 Å². The Balaban J connectivity index is 1.67. The standard InChI is InChI=1S/C15H13N3O2S/c1-10-2-3-12(20-10)8-17-14(19)13-9-21-15(18-13)11-4-6-16-7-5-11/h2-7,9H,8H2,1H3,(H,17,19). The molecule has 3 aromatic heterocycles. The van der Waals surface area contributed by atoms with Crippen molar-refractivity contribution in [2.75, 3.05) is 0 Å². The second-order valence-electron chi connectivity index (χ2n) is 4.47. The molecule has 106 valence electrons. The van der Waals surface area contributed by atoms with Gasteiger partial charge in [0.05, 0.1) is 6.54 Å². The minimum Gasteiger partial charge on any atom is -0.465 e. The molecule has 1 amide bonds. The molecule has 3 heterocycles. The summed E-state index contributed by atoms with van der Waals surface area (Å²) in [5, 5.41) is 5.34. The normalized spacial score (nSPS) is 10.5. The van der Waals surface area contributed by atoms with E-state index in [1.165, 1.54) is 11.3 Å². The summed E-state index contributed by atoms with van der Waals surface area (Å²) in [5.74, 6) is 1.35. The van der Waals surface area contributed by atoms with Gasteiger partial charge in [-0.1, -0.05) is 0 Å². The van der Waals surface area contributed by atoms with Gasteiger partial charge in [-0.25, -0.2) is 4.98 Å². The molecule has 0 aliphatic rings. The Bertz CT molecular complexity index is 749. The van der Waals surface area contributed by atoms with Crippen LogP contribution in [0.3, 0.4) is 0 Å². The second kappa shape index (κ2) is 5.88. The SMILES string of the molecule is Cc1ccc(CNC(=O)c2csc(-c3ccncc3)n2)o1. The van der Waals surface area contributed by atoms with Crippen LogP contribution in [-0.4, -0.2) is 15.9 Å². The van der Waals surface area contributed by atoms with Crippen molar-refractivity contribution >= 4 is 17.2 Å². The lowest BCUT2D eigenvalue weighted by Gasteiger charge is -2.00. The lowest BCUT2D eigenvalue weighted by molar-refractivity contribution is 0.0943.